The first-order chi connectivity index (χ1) is 7.91. The van der Waals surface area contributed by atoms with E-state index in [4.69, 9.17) is 5.73 Å². The lowest BCUT2D eigenvalue weighted by atomic mass is 10.1. The number of hydrogen-bond acceptors (Lipinski definition) is 3. The van der Waals surface area contributed by atoms with Crippen LogP contribution in [0.1, 0.15) is 51.9 Å². The van der Waals surface area contributed by atoms with Crippen molar-refractivity contribution in [2.75, 3.05) is 32.7 Å². The van der Waals surface area contributed by atoms with Crippen molar-refractivity contribution < 1.29 is 0 Å². The maximum Gasteiger partial charge on any atom is 0.00745 e. The van der Waals surface area contributed by atoms with Crippen molar-refractivity contribution in [3.05, 3.63) is 0 Å². The summed E-state index contributed by atoms with van der Waals surface area (Å²) in [6.45, 7) is 7.35. The van der Waals surface area contributed by atoms with E-state index in [0.717, 1.165) is 26.2 Å². The van der Waals surface area contributed by atoms with Crippen molar-refractivity contribution in [2.24, 2.45) is 5.73 Å². The number of hydrogen-bond donors (Lipinski definition) is 3. The standard InChI is InChI=1S/C13H31N3/c1-2-3-4-5-6-7-10-15-11-8-12-16-13-9-14/h15-16H,2-14H2,1H3. The Morgan fingerprint density at radius 3 is 1.94 bits per heavy atom. The van der Waals surface area contributed by atoms with Crippen molar-refractivity contribution >= 4 is 0 Å². The van der Waals surface area contributed by atoms with Crippen LogP contribution in [0.5, 0.6) is 0 Å². The zero-order valence-corrected chi connectivity index (χ0v) is 11.1. The Bertz CT molecular complexity index is 104. The van der Waals surface area contributed by atoms with Gasteiger partial charge in [0.2, 0.25) is 0 Å². The van der Waals surface area contributed by atoms with Gasteiger partial charge in [0.25, 0.3) is 0 Å². The highest BCUT2D eigenvalue weighted by Gasteiger charge is 1.91. The minimum absolute atomic E-state index is 0.741. The minimum atomic E-state index is 0.741. The highest BCUT2D eigenvalue weighted by molar-refractivity contribution is 4.53. The zero-order chi connectivity index (χ0) is 11.9. The number of nitrogens with one attached hydrogen (secondary N) is 2. The summed E-state index contributed by atoms with van der Waals surface area (Å²) in [7, 11) is 0. The molecule has 0 saturated heterocycles. The summed E-state index contributed by atoms with van der Waals surface area (Å²) in [5, 5.41) is 6.78. The van der Waals surface area contributed by atoms with Crippen molar-refractivity contribution in [1.29, 1.82) is 0 Å². The molecule has 0 heterocycles. The Balaban J connectivity index is 2.83. The van der Waals surface area contributed by atoms with E-state index in [2.05, 4.69) is 17.6 Å². The molecule has 0 aliphatic rings. The largest absolute Gasteiger partial charge is 0.329 e. The van der Waals surface area contributed by atoms with Crippen LogP contribution in [0.4, 0.5) is 0 Å². The fourth-order valence-electron chi connectivity index (χ4n) is 1.72. The van der Waals surface area contributed by atoms with E-state index < -0.39 is 0 Å². The van der Waals surface area contributed by atoms with E-state index in [1.807, 2.05) is 0 Å². The highest BCUT2D eigenvalue weighted by Crippen LogP contribution is 2.03. The molecule has 0 rings (SSSR count). The van der Waals surface area contributed by atoms with Crippen molar-refractivity contribution in [1.82, 2.24) is 10.6 Å². The first-order valence-electron chi connectivity index (χ1n) is 7.03. The lowest BCUT2D eigenvalue weighted by Crippen LogP contribution is -2.26. The van der Waals surface area contributed by atoms with Gasteiger partial charge in [-0.2, -0.15) is 0 Å². The van der Waals surface area contributed by atoms with E-state index >= 15 is 0 Å². The van der Waals surface area contributed by atoms with Gasteiger partial charge in [0.1, 0.15) is 0 Å². The van der Waals surface area contributed by atoms with Gasteiger partial charge in [0.05, 0.1) is 0 Å². The summed E-state index contributed by atoms with van der Waals surface area (Å²) in [4.78, 5) is 0. The molecular weight excluding hydrogens is 198 g/mol. The monoisotopic (exact) mass is 229 g/mol. The Labute approximate surface area is 102 Å². The second-order valence-corrected chi connectivity index (χ2v) is 4.41. The molecule has 3 heteroatoms. The maximum atomic E-state index is 5.38. The lowest BCUT2D eigenvalue weighted by Gasteiger charge is -2.05. The maximum absolute atomic E-state index is 5.38. The van der Waals surface area contributed by atoms with E-state index in [0.29, 0.717) is 0 Å². The van der Waals surface area contributed by atoms with Gasteiger partial charge in [0.15, 0.2) is 0 Å². The topological polar surface area (TPSA) is 50.1 Å². The van der Waals surface area contributed by atoms with Gasteiger partial charge < -0.3 is 16.4 Å². The molecule has 0 aliphatic carbocycles. The molecule has 0 fully saturated rings. The summed E-state index contributed by atoms with van der Waals surface area (Å²) < 4.78 is 0. The zero-order valence-electron chi connectivity index (χ0n) is 11.1. The van der Waals surface area contributed by atoms with Crippen molar-refractivity contribution in [3.8, 4) is 0 Å². The van der Waals surface area contributed by atoms with Crippen LogP contribution in [0.25, 0.3) is 0 Å². The van der Waals surface area contributed by atoms with Gasteiger partial charge in [-0.05, 0) is 32.5 Å². The van der Waals surface area contributed by atoms with Crippen LogP contribution < -0.4 is 16.4 Å². The predicted octanol–water partition coefficient (Wildman–Crippen LogP) is 1.87. The van der Waals surface area contributed by atoms with Crippen molar-refractivity contribution in [2.45, 2.75) is 51.9 Å². The first kappa shape index (κ1) is 15.9. The SMILES string of the molecule is CCCCCCCCNCCCNCCN. The molecule has 0 aromatic heterocycles. The Morgan fingerprint density at radius 1 is 0.688 bits per heavy atom. The van der Waals surface area contributed by atoms with E-state index in [1.54, 1.807) is 0 Å². The average Bonchev–Trinajstić information content (AvgIpc) is 2.31. The van der Waals surface area contributed by atoms with Gasteiger partial charge in [-0.3, -0.25) is 0 Å². The van der Waals surface area contributed by atoms with Crippen LogP contribution >= 0.6 is 0 Å². The van der Waals surface area contributed by atoms with Crippen LogP contribution in [0, 0.1) is 0 Å². The molecule has 0 unspecified atom stereocenters. The smallest absolute Gasteiger partial charge is 0.00745 e. The van der Waals surface area contributed by atoms with Gasteiger partial charge in [-0.1, -0.05) is 39.0 Å². The molecule has 0 atom stereocenters. The molecule has 0 spiro atoms. The second-order valence-electron chi connectivity index (χ2n) is 4.41. The summed E-state index contributed by atoms with van der Waals surface area (Å²) in [5.41, 5.74) is 5.38. The molecule has 0 aliphatic heterocycles. The normalized spacial score (nSPS) is 10.9. The Kier molecular flexibility index (Phi) is 14.8. The minimum Gasteiger partial charge on any atom is -0.329 e. The number of nitrogens with two attached hydrogens (primary N) is 1. The second kappa shape index (κ2) is 14.9. The van der Waals surface area contributed by atoms with Crippen molar-refractivity contribution in [3.63, 3.8) is 0 Å². The quantitative estimate of drug-likeness (QED) is 0.423. The first-order valence-corrected chi connectivity index (χ1v) is 7.03. The molecule has 98 valence electrons. The van der Waals surface area contributed by atoms with E-state index in [1.165, 1.54) is 51.5 Å². The third-order valence-corrected chi connectivity index (χ3v) is 2.74. The molecule has 16 heavy (non-hydrogen) atoms. The van der Waals surface area contributed by atoms with Gasteiger partial charge in [0, 0.05) is 13.1 Å². The van der Waals surface area contributed by atoms with Gasteiger partial charge in [-0.15, -0.1) is 0 Å². The molecule has 3 nitrogen and oxygen atoms in total. The van der Waals surface area contributed by atoms with Crippen LogP contribution in [-0.4, -0.2) is 32.7 Å². The molecular formula is C13H31N3. The Morgan fingerprint density at radius 2 is 1.25 bits per heavy atom. The van der Waals surface area contributed by atoms with Gasteiger partial charge >= 0.3 is 0 Å². The highest BCUT2D eigenvalue weighted by atomic mass is 14.9. The van der Waals surface area contributed by atoms with Crippen LogP contribution in [0.2, 0.25) is 0 Å². The molecule has 0 aromatic rings. The molecule has 0 aromatic carbocycles. The fraction of sp³-hybridized carbons (Fsp3) is 1.00. The summed E-state index contributed by atoms with van der Waals surface area (Å²) in [6, 6.07) is 0. The van der Waals surface area contributed by atoms with Crippen LogP contribution in [-0.2, 0) is 0 Å². The third-order valence-electron chi connectivity index (χ3n) is 2.74. The summed E-state index contributed by atoms with van der Waals surface area (Å²) in [6.07, 6.45) is 9.50. The van der Waals surface area contributed by atoms with Crippen LogP contribution in [0.3, 0.4) is 0 Å². The summed E-state index contributed by atoms with van der Waals surface area (Å²) >= 11 is 0. The van der Waals surface area contributed by atoms with E-state index in [9.17, 15) is 0 Å². The molecule has 4 N–H and O–H groups in total. The third kappa shape index (κ3) is 13.9. The van der Waals surface area contributed by atoms with E-state index in [-0.39, 0.29) is 0 Å². The number of rotatable bonds is 13. The molecule has 0 amide bonds. The van der Waals surface area contributed by atoms with Crippen LogP contribution in [0.15, 0.2) is 0 Å². The molecule has 0 radical (unpaired) electrons. The van der Waals surface area contributed by atoms with Gasteiger partial charge in [-0.25, -0.2) is 0 Å². The predicted molar refractivity (Wildman–Crippen MR) is 72.8 cm³/mol. The Hall–Kier alpha value is -0.120. The molecule has 0 saturated carbocycles. The molecule has 0 bridgehead atoms. The summed E-state index contributed by atoms with van der Waals surface area (Å²) in [5.74, 6) is 0. The lowest BCUT2D eigenvalue weighted by molar-refractivity contribution is 0.554. The fourth-order valence-corrected chi connectivity index (χ4v) is 1.72. The average molecular weight is 229 g/mol. The number of unbranched alkanes of at least 4 members (excludes halogenated alkanes) is 5.